The monoisotopic (exact) mass is 295 g/mol. The molecule has 22 heavy (non-hydrogen) atoms. The first-order valence-corrected chi connectivity index (χ1v) is 6.85. The molecule has 1 N–H and O–H groups in total. The van der Waals surface area contributed by atoms with E-state index >= 15 is 0 Å². The number of hydrogen-bond donors (Lipinski definition) is 1. The van der Waals surface area contributed by atoms with Gasteiger partial charge in [-0.05, 0) is 44.2 Å². The molecule has 0 bridgehead atoms. The average Bonchev–Trinajstić information content (AvgIpc) is 2.46. The number of anilines is 1. The Kier molecular flexibility index (Phi) is 3.55. The van der Waals surface area contributed by atoms with Gasteiger partial charge in [0, 0.05) is 17.1 Å². The Balaban J connectivity index is 1.96. The van der Waals surface area contributed by atoms with Crippen molar-refractivity contribution in [1.29, 1.82) is 0 Å². The molecule has 1 amide bonds. The van der Waals surface area contributed by atoms with Crippen molar-refractivity contribution in [1.82, 2.24) is 9.97 Å². The second kappa shape index (κ2) is 5.52. The lowest BCUT2D eigenvalue weighted by Gasteiger charge is -2.09. The van der Waals surface area contributed by atoms with Crippen molar-refractivity contribution in [2.75, 3.05) is 5.32 Å². The highest BCUT2D eigenvalue weighted by Gasteiger charge is 2.13. The number of fused-ring (bicyclic) bond motifs is 1. The number of aromatic nitrogens is 2. The lowest BCUT2D eigenvalue weighted by molar-refractivity contribution is 0.102. The van der Waals surface area contributed by atoms with Crippen molar-refractivity contribution in [3.63, 3.8) is 0 Å². The van der Waals surface area contributed by atoms with Crippen LogP contribution in [0.4, 0.5) is 10.2 Å². The van der Waals surface area contributed by atoms with Crippen molar-refractivity contribution >= 4 is 22.6 Å². The molecular formula is C17H14FN3O. The van der Waals surface area contributed by atoms with Gasteiger partial charge in [-0.2, -0.15) is 0 Å². The lowest BCUT2D eigenvalue weighted by Crippen LogP contribution is -2.15. The van der Waals surface area contributed by atoms with Crippen LogP contribution in [0.15, 0.2) is 42.5 Å². The van der Waals surface area contributed by atoms with E-state index in [1.165, 1.54) is 12.1 Å². The first-order valence-electron chi connectivity index (χ1n) is 6.85. The summed E-state index contributed by atoms with van der Waals surface area (Å²) < 4.78 is 13.2. The molecule has 0 radical (unpaired) electrons. The maximum atomic E-state index is 13.2. The van der Waals surface area contributed by atoms with Crippen LogP contribution in [0, 0.1) is 19.7 Å². The lowest BCUT2D eigenvalue weighted by atomic mass is 10.1. The molecule has 3 rings (SSSR count). The molecule has 0 aliphatic rings. The van der Waals surface area contributed by atoms with Crippen LogP contribution < -0.4 is 5.32 Å². The summed E-state index contributed by atoms with van der Waals surface area (Å²) in [5, 5.41) is 3.47. The summed E-state index contributed by atoms with van der Waals surface area (Å²) >= 11 is 0. The molecule has 2 heterocycles. The highest BCUT2D eigenvalue weighted by atomic mass is 19.1. The van der Waals surface area contributed by atoms with Gasteiger partial charge in [-0.25, -0.2) is 9.37 Å². The summed E-state index contributed by atoms with van der Waals surface area (Å²) in [7, 11) is 0. The first-order chi connectivity index (χ1) is 10.5. The molecule has 2 aromatic heterocycles. The van der Waals surface area contributed by atoms with Gasteiger partial charge in [0.1, 0.15) is 11.6 Å². The number of benzene rings is 1. The van der Waals surface area contributed by atoms with E-state index in [9.17, 15) is 9.18 Å². The van der Waals surface area contributed by atoms with Gasteiger partial charge in [0.25, 0.3) is 5.91 Å². The Morgan fingerprint density at radius 1 is 1.09 bits per heavy atom. The van der Waals surface area contributed by atoms with Crippen LogP contribution in [-0.4, -0.2) is 15.9 Å². The van der Waals surface area contributed by atoms with Gasteiger partial charge in [-0.3, -0.25) is 9.78 Å². The maximum absolute atomic E-state index is 13.2. The highest BCUT2D eigenvalue weighted by Crippen LogP contribution is 2.18. The van der Waals surface area contributed by atoms with Gasteiger partial charge < -0.3 is 5.32 Å². The summed E-state index contributed by atoms with van der Waals surface area (Å²) in [4.78, 5) is 20.9. The molecule has 0 saturated heterocycles. The quantitative estimate of drug-likeness (QED) is 0.785. The molecule has 110 valence electrons. The molecule has 0 saturated carbocycles. The number of halogens is 1. The van der Waals surface area contributed by atoms with E-state index in [2.05, 4.69) is 15.3 Å². The summed E-state index contributed by atoms with van der Waals surface area (Å²) in [6.45, 7) is 3.58. The predicted octanol–water partition coefficient (Wildman–Crippen LogP) is 3.64. The molecule has 5 heteroatoms. The minimum atomic E-state index is -0.347. The van der Waals surface area contributed by atoms with E-state index in [0.717, 1.165) is 5.69 Å². The fourth-order valence-electron chi connectivity index (χ4n) is 2.26. The number of nitrogens with one attached hydrogen (secondary N) is 1. The molecular weight excluding hydrogens is 281 g/mol. The maximum Gasteiger partial charge on any atom is 0.258 e. The zero-order valence-corrected chi connectivity index (χ0v) is 12.2. The standard InChI is InChI=1S/C17H14FN3O/c1-10-4-3-5-16(19-10)21-17(22)14-8-12-6-7-13(18)9-15(12)20-11(14)2/h3-9H,1-2H3,(H,19,21,22). The van der Waals surface area contributed by atoms with Crippen LogP contribution in [0.5, 0.6) is 0 Å². The van der Waals surface area contributed by atoms with E-state index in [0.29, 0.717) is 28.0 Å². The number of pyridine rings is 2. The number of carbonyl (C=O) groups is 1. The average molecular weight is 295 g/mol. The van der Waals surface area contributed by atoms with Crippen molar-refractivity contribution in [3.8, 4) is 0 Å². The normalized spacial score (nSPS) is 10.7. The predicted molar refractivity (Wildman–Crippen MR) is 83.4 cm³/mol. The molecule has 0 atom stereocenters. The Labute approximate surface area is 127 Å². The van der Waals surface area contributed by atoms with Crippen LogP contribution in [0.25, 0.3) is 10.9 Å². The molecule has 0 aliphatic heterocycles. The minimum absolute atomic E-state index is 0.283. The Morgan fingerprint density at radius 3 is 2.68 bits per heavy atom. The smallest absolute Gasteiger partial charge is 0.258 e. The highest BCUT2D eigenvalue weighted by molar-refractivity contribution is 6.06. The van der Waals surface area contributed by atoms with E-state index < -0.39 is 0 Å². The zero-order chi connectivity index (χ0) is 15.7. The second-order valence-electron chi connectivity index (χ2n) is 5.08. The summed E-state index contributed by atoms with van der Waals surface area (Å²) in [5.74, 6) is -0.140. The number of hydrogen-bond acceptors (Lipinski definition) is 3. The van der Waals surface area contributed by atoms with E-state index in [1.807, 2.05) is 19.1 Å². The van der Waals surface area contributed by atoms with Gasteiger partial charge in [-0.1, -0.05) is 6.07 Å². The number of amides is 1. The number of nitrogens with zero attached hydrogens (tertiary/aromatic N) is 2. The van der Waals surface area contributed by atoms with Crippen molar-refractivity contribution in [2.45, 2.75) is 13.8 Å². The second-order valence-corrected chi connectivity index (χ2v) is 5.08. The molecule has 3 aromatic rings. The third-order valence-electron chi connectivity index (χ3n) is 3.34. The van der Waals surface area contributed by atoms with Gasteiger partial charge in [-0.15, -0.1) is 0 Å². The van der Waals surface area contributed by atoms with Gasteiger partial charge in [0.2, 0.25) is 0 Å². The third-order valence-corrected chi connectivity index (χ3v) is 3.34. The van der Waals surface area contributed by atoms with Crippen molar-refractivity contribution in [3.05, 3.63) is 65.2 Å². The first kappa shape index (κ1) is 14.1. The minimum Gasteiger partial charge on any atom is -0.306 e. The Hall–Kier alpha value is -2.82. The number of carbonyl (C=O) groups excluding carboxylic acids is 1. The molecule has 0 fully saturated rings. The zero-order valence-electron chi connectivity index (χ0n) is 12.2. The fourth-order valence-corrected chi connectivity index (χ4v) is 2.26. The molecule has 0 spiro atoms. The summed E-state index contributed by atoms with van der Waals surface area (Å²) in [6, 6.07) is 11.4. The SMILES string of the molecule is Cc1cccc(NC(=O)c2cc3ccc(F)cc3nc2C)n1. The van der Waals surface area contributed by atoms with Crippen LogP contribution in [-0.2, 0) is 0 Å². The van der Waals surface area contributed by atoms with Gasteiger partial charge >= 0.3 is 0 Å². The fraction of sp³-hybridized carbons (Fsp3) is 0.118. The van der Waals surface area contributed by atoms with Crippen LogP contribution in [0.3, 0.4) is 0 Å². The van der Waals surface area contributed by atoms with Gasteiger partial charge in [0.15, 0.2) is 0 Å². The van der Waals surface area contributed by atoms with Crippen molar-refractivity contribution < 1.29 is 9.18 Å². The van der Waals surface area contributed by atoms with Crippen LogP contribution in [0.1, 0.15) is 21.7 Å². The topological polar surface area (TPSA) is 54.9 Å². The number of rotatable bonds is 2. The molecule has 0 aliphatic carbocycles. The number of aryl methyl sites for hydroxylation is 2. The van der Waals surface area contributed by atoms with Crippen LogP contribution in [0.2, 0.25) is 0 Å². The Bertz CT molecular complexity index is 877. The van der Waals surface area contributed by atoms with E-state index in [1.54, 1.807) is 25.1 Å². The third kappa shape index (κ3) is 2.79. The van der Waals surface area contributed by atoms with Crippen molar-refractivity contribution in [2.24, 2.45) is 0 Å². The van der Waals surface area contributed by atoms with Gasteiger partial charge in [0.05, 0.1) is 16.8 Å². The largest absolute Gasteiger partial charge is 0.306 e. The van der Waals surface area contributed by atoms with Crippen LogP contribution >= 0.6 is 0 Å². The van der Waals surface area contributed by atoms with E-state index in [-0.39, 0.29) is 11.7 Å². The molecule has 1 aromatic carbocycles. The molecule has 4 nitrogen and oxygen atoms in total. The summed E-state index contributed by atoms with van der Waals surface area (Å²) in [6.07, 6.45) is 0. The molecule has 0 unspecified atom stereocenters. The van der Waals surface area contributed by atoms with E-state index in [4.69, 9.17) is 0 Å². The Morgan fingerprint density at radius 2 is 1.91 bits per heavy atom. The summed E-state index contributed by atoms with van der Waals surface area (Å²) in [5.41, 5.74) is 2.34.